The molecule has 0 saturated carbocycles. The Balaban J connectivity index is 2.87. The number of nitrogens with one attached hydrogen (secondary N) is 1. The second-order valence-corrected chi connectivity index (χ2v) is 3.57. The van der Waals surface area contributed by atoms with E-state index < -0.39 is 17.8 Å². The molecule has 82 valence electrons. The Hall–Kier alpha value is -1.13. The quantitative estimate of drug-likeness (QED) is 0.830. The van der Waals surface area contributed by atoms with E-state index in [1.807, 2.05) is 0 Å². The summed E-state index contributed by atoms with van der Waals surface area (Å²) in [4.78, 5) is 11.5. The Kier molecular flexibility index (Phi) is 4.05. The van der Waals surface area contributed by atoms with Crippen LogP contribution in [0.2, 0.25) is 5.02 Å². The van der Waals surface area contributed by atoms with Crippen LogP contribution in [0.5, 0.6) is 0 Å². The van der Waals surface area contributed by atoms with Crippen molar-refractivity contribution in [2.24, 2.45) is 0 Å². The fourth-order valence-electron chi connectivity index (χ4n) is 1.03. The van der Waals surface area contributed by atoms with Gasteiger partial charge in [0, 0.05) is 6.04 Å². The minimum atomic E-state index is -0.748. The zero-order valence-corrected chi connectivity index (χ0v) is 8.88. The number of rotatable bonds is 3. The van der Waals surface area contributed by atoms with Gasteiger partial charge in [-0.05, 0) is 19.1 Å². The van der Waals surface area contributed by atoms with Gasteiger partial charge in [0.05, 0.1) is 17.2 Å². The second kappa shape index (κ2) is 5.09. The summed E-state index contributed by atoms with van der Waals surface area (Å²) in [6, 6.07) is 3.77. The van der Waals surface area contributed by atoms with E-state index in [4.69, 9.17) is 16.7 Å². The molecule has 0 aliphatic carbocycles. The third kappa shape index (κ3) is 2.91. The van der Waals surface area contributed by atoms with Crippen LogP contribution in [0.15, 0.2) is 18.2 Å². The van der Waals surface area contributed by atoms with Gasteiger partial charge in [0.2, 0.25) is 0 Å². The highest BCUT2D eigenvalue weighted by molar-refractivity contribution is 6.31. The van der Waals surface area contributed by atoms with E-state index in [1.54, 1.807) is 6.92 Å². The van der Waals surface area contributed by atoms with Crippen LogP contribution in [0.3, 0.4) is 0 Å². The largest absolute Gasteiger partial charge is 0.394 e. The molecule has 1 aromatic rings. The van der Waals surface area contributed by atoms with Crippen molar-refractivity contribution in [2.45, 2.75) is 13.0 Å². The summed E-state index contributed by atoms with van der Waals surface area (Å²) in [5.74, 6) is -1.33. The van der Waals surface area contributed by atoms with Gasteiger partial charge in [-0.1, -0.05) is 17.7 Å². The predicted molar refractivity (Wildman–Crippen MR) is 55.4 cm³/mol. The Morgan fingerprint density at radius 3 is 2.93 bits per heavy atom. The summed E-state index contributed by atoms with van der Waals surface area (Å²) >= 11 is 5.52. The van der Waals surface area contributed by atoms with E-state index in [0.29, 0.717) is 0 Å². The average molecular weight is 232 g/mol. The van der Waals surface area contributed by atoms with Gasteiger partial charge >= 0.3 is 0 Å². The van der Waals surface area contributed by atoms with Crippen LogP contribution in [-0.4, -0.2) is 23.7 Å². The minimum Gasteiger partial charge on any atom is -0.394 e. The van der Waals surface area contributed by atoms with E-state index in [1.165, 1.54) is 18.2 Å². The fourth-order valence-corrected chi connectivity index (χ4v) is 1.20. The third-order valence-electron chi connectivity index (χ3n) is 1.85. The van der Waals surface area contributed by atoms with Gasteiger partial charge < -0.3 is 10.4 Å². The number of aliphatic hydroxyl groups excluding tert-OH is 1. The number of benzene rings is 1. The molecule has 0 aromatic heterocycles. The van der Waals surface area contributed by atoms with Gasteiger partial charge in [0.1, 0.15) is 0 Å². The van der Waals surface area contributed by atoms with Crippen LogP contribution in [-0.2, 0) is 0 Å². The van der Waals surface area contributed by atoms with Gasteiger partial charge in [-0.2, -0.15) is 0 Å². The number of hydrogen-bond acceptors (Lipinski definition) is 2. The van der Waals surface area contributed by atoms with Crippen LogP contribution in [0.4, 0.5) is 4.39 Å². The van der Waals surface area contributed by atoms with E-state index in [9.17, 15) is 9.18 Å². The van der Waals surface area contributed by atoms with Crippen LogP contribution >= 0.6 is 11.6 Å². The first-order valence-electron chi connectivity index (χ1n) is 4.42. The zero-order chi connectivity index (χ0) is 11.4. The van der Waals surface area contributed by atoms with E-state index in [2.05, 4.69) is 5.32 Å². The highest BCUT2D eigenvalue weighted by atomic mass is 35.5. The Morgan fingerprint density at radius 1 is 1.67 bits per heavy atom. The lowest BCUT2D eigenvalue weighted by Gasteiger charge is -2.11. The number of hydrogen-bond donors (Lipinski definition) is 2. The molecule has 0 saturated heterocycles. The van der Waals surface area contributed by atoms with Gasteiger partial charge in [-0.25, -0.2) is 4.39 Å². The molecule has 0 radical (unpaired) electrons. The third-order valence-corrected chi connectivity index (χ3v) is 2.14. The first kappa shape index (κ1) is 11.9. The molecule has 3 nitrogen and oxygen atoms in total. The van der Waals surface area contributed by atoms with Crippen molar-refractivity contribution in [3.63, 3.8) is 0 Å². The number of amides is 1. The minimum absolute atomic E-state index is 0.0979. The van der Waals surface area contributed by atoms with Gasteiger partial charge in [-0.3, -0.25) is 4.79 Å². The van der Waals surface area contributed by atoms with E-state index >= 15 is 0 Å². The van der Waals surface area contributed by atoms with Crippen LogP contribution in [0.25, 0.3) is 0 Å². The molecule has 0 aliphatic rings. The molecule has 5 heteroatoms. The molecule has 0 heterocycles. The van der Waals surface area contributed by atoms with Crippen molar-refractivity contribution in [1.82, 2.24) is 5.32 Å². The maximum atomic E-state index is 13.4. The summed E-state index contributed by atoms with van der Waals surface area (Å²) in [5.41, 5.74) is -0.122. The summed E-state index contributed by atoms with van der Waals surface area (Å²) in [5, 5.41) is 11.0. The highest BCUT2D eigenvalue weighted by Crippen LogP contribution is 2.17. The van der Waals surface area contributed by atoms with Crippen LogP contribution < -0.4 is 5.32 Å². The maximum Gasteiger partial charge on any atom is 0.254 e. The monoisotopic (exact) mass is 231 g/mol. The van der Waals surface area contributed by atoms with Gasteiger partial charge in [-0.15, -0.1) is 0 Å². The SMILES string of the molecule is C[C@H](CO)NC(=O)c1cccc(Cl)c1F. The molecule has 0 aliphatic heterocycles. The van der Waals surface area contributed by atoms with Gasteiger partial charge in [0.15, 0.2) is 5.82 Å². The molecule has 2 N–H and O–H groups in total. The summed E-state index contributed by atoms with van der Waals surface area (Å²) in [7, 11) is 0. The Bertz CT molecular complexity index is 370. The number of halogens is 2. The first-order chi connectivity index (χ1) is 7.06. The molecule has 15 heavy (non-hydrogen) atoms. The summed E-state index contributed by atoms with van der Waals surface area (Å²) < 4.78 is 13.4. The lowest BCUT2D eigenvalue weighted by Crippen LogP contribution is -2.35. The topological polar surface area (TPSA) is 49.3 Å². The van der Waals surface area contributed by atoms with E-state index in [-0.39, 0.29) is 17.2 Å². The molecule has 0 bridgehead atoms. The standard InChI is InChI=1S/C10H11ClFNO2/c1-6(5-14)13-10(15)7-3-2-4-8(11)9(7)12/h2-4,6,14H,5H2,1H3,(H,13,15)/t6-/m1/s1. The molecule has 0 unspecified atom stereocenters. The normalized spacial score (nSPS) is 12.3. The summed E-state index contributed by atoms with van der Waals surface area (Å²) in [6.45, 7) is 1.41. The second-order valence-electron chi connectivity index (χ2n) is 3.16. The van der Waals surface area contributed by atoms with Crippen LogP contribution in [0.1, 0.15) is 17.3 Å². The van der Waals surface area contributed by atoms with Crippen molar-refractivity contribution < 1.29 is 14.3 Å². The zero-order valence-electron chi connectivity index (χ0n) is 8.13. The van der Waals surface area contributed by atoms with E-state index in [0.717, 1.165) is 0 Å². The lowest BCUT2D eigenvalue weighted by molar-refractivity contribution is 0.0918. The molecule has 0 spiro atoms. The molecular formula is C10H11ClFNO2. The molecule has 1 aromatic carbocycles. The number of aliphatic hydroxyl groups is 1. The Labute approximate surface area is 91.9 Å². The maximum absolute atomic E-state index is 13.4. The lowest BCUT2D eigenvalue weighted by atomic mass is 10.2. The van der Waals surface area contributed by atoms with Crippen molar-refractivity contribution in [3.05, 3.63) is 34.6 Å². The molecular weight excluding hydrogens is 221 g/mol. The van der Waals surface area contributed by atoms with Crippen molar-refractivity contribution in [3.8, 4) is 0 Å². The highest BCUT2D eigenvalue weighted by Gasteiger charge is 2.15. The van der Waals surface area contributed by atoms with Crippen molar-refractivity contribution in [2.75, 3.05) is 6.61 Å². The number of carbonyl (C=O) groups is 1. The molecule has 1 atom stereocenters. The Morgan fingerprint density at radius 2 is 2.33 bits per heavy atom. The van der Waals surface area contributed by atoms with Crippen LogP contribution in [0, 0.1) is 5.82 Å². The fraction of sp³-hybridized carbons (Fsp3) is 0.300. The first-order valence-corrected chi connectivity index (χ1v) is 4.79. The smallest absolute Gasteiger partial charge is 0.254 e. The summed E-state index contributed by atoms with van der Waals surface area (Å²) in [6.07, 6.45) is 0. The van der Waals surface area contributed by atoms with Crippen molar-refractivity contribution >= 4 is 17.5 Å². The average Bonchev–Trinajstić information content (AvgIpc) is 2.21. The van der Waals surface area contributed by atoms with Crippen molar-refractivity contribution in [1.29, 1.82) is 0 Å². The molecule has 1 amide bonds. The number of carbonyl (C=O) groups excluding carboxylic acids is 1. The molecule has 1 rings (SSSR count). The molecule has 0 fully saturated rings. The predicted octanol–water partition coefficient (Wildman–Crippen LogP) is 1.59. The van der Waals surface area contributed by atoms with Gasteiger partial charge in [0.25, 0.3) is 5.91 Å².